The van der Waals surface area contributed by atoms with E-state index in [0.29, 0.717) is 30.9 Å². The Bertz CT molecular complexity index is 1240. The van der Waals surface area contributed by atoms with Gasteiger partial charge in [-0.3, -0.25) is 9.80 Å². The maximum absolute atomic E-state index is 15.1. The van der Waals surface area contributed by atoms with Crippen LogP contribution in [0, 0.1) is 5.82 Å². The Morgan fingerprint density at radius 3 is 2.49 bits per heavy atom. The predicted octanol–water partition coefficient (Wildman–Crippen LogP) is 4.19. The zero-order chi connectivity index (χ0) is 25.9. The molecular weight excluding hydrogens is 499 g/mol. The number of amides is 1. The molecule has 0 radical (unpaired) electrons. The lowest BCUT2D eigenvalue weighted by Gasteiger charge is -2.42. The molecule has 2 aromatic heterocycles. The quantitative estimate of drug-likeness (QED) is 0.430. The number of anilines is 1. The van der Waals surface area contributed by atoms with Crippen molar-refractivity contribution in [3.63, 3.8) is 0 Å². The molecule has 0 saturated carbocycles. The standard InChI is InChI=1S/C26H32ClFN6O3/c1-25(2,3)37-24(35)34-16-6-7-17(34)14-32(13-16)22-18-12-29-21(27)19(28)20(18)30-23(31-22)36-15-26-8-4-10-33(26)11-5-9-26/h6-7,12,16-17H,4-5,8-11,13-15H2,1-3H3. The molecular formula is C26H32ClFN6O3. The molecule has 4 aliphatic heterocycles. The van der Waals surface area contributed by atoms with Crippen LogP contribution < -0.4 is 9.64 Å². The number of carbonyl (C=O) groups is 1. The molecule has 6 rings (SSSR count). The number of pyridine rings is 1. The molecule has 0 spiro atoms. The van der Waals surface area contributed by atoms with Gasteiger partial charge in [0.2, 0.25) is 0 Å². The molecule has 37 heavy (non-hydrogen) atoms. The van der Waals surface area contributed by atoms with Crippen molar-refractivity contribution in [2.75, 3.05) is 37.7 Å². The van der Waals surface area contributed by atoms with Gasteiger partial charge < -0.3 is 14.4 Å². The third kappa shape index (κ3) is 4.37. The molecule has 3 saturated heterocycles. The summed E-state index contributed by atoms with van der Waals surface area (Å²) in [5, 5.41) is 0.219. The van der Waals surface area contributed by atoms with E-state index in [4.69, 9.17) is 26.1 Å². The summed E-state index contributed by atoms with van der Waals surface area (Å²) >= 11 is 6.02. The Morgan fingerprint density at radius 1 is 1.16 bits per heavy atom. The minimum Gasteiger partial charge on any atom is -0.461 e. The van der Waals surface area contributed by atoms with Crippen LogP contribution in [-0.4, -0.2) is 86.9 Å². The number of ether oxygens (including phenoxy) is 2. The highest BCUT2D eigenvalue weighted by atomic mass is 35.5. The van der Waals surface area contributed by atoms with E-state index in [1.807, 2.05) is 37.8 Å². The van der Waals surface area contributed by atoms with Gasteiger partial charge in [0.15, 0.2) is 11.0 Å². The highest BCUT2D eigenvalue weighted by Crippen LogP contribution is 2.40. The second-order valence-corrected chi connectivity index (χ2v) is 11.8. The van der Waals surface area contributed by atoms with Gasteiger partial charge in [0, 0.05) is 19.3 Å². The number of rotatable bonds is 4. The second kappa shape index (κ2) is 8.94. The minimum atomic E-state index is -0.692. The number of hydrogen-bond acceptors (Lipinski definition) is 8. The number of carbonyl (C=O) groups excluding carboxylic acids is 1. The average Bonchev–Trinajstić information content (AvgIpc) is 3.49. The summed E-state index contributed by atoms with van der Waals surface area (Å²) in [6.45, 7) is 9.15. The Labute approximate surface area is 220 Å². The zero-order valence-corrected chi connectivity index (χ0v) is 22.2. The Morgan fingerprint density at radius 2 is 1.84 bits per heavy atom. The number of nitrogens with zero attached hydrogens (tertiary/aromatic N) is 6. The first-order chi connectivity index (χ1) is 17.6. The fourth-order valence-corrected chi connectivity index (χ4v) is 6.37. The molecule has 2 aromatic rings. The molecule has 2 unspecified atom stereocenters. The lowest BCUT2D eigenvalue weighted by Crippen LogP contribution is -2.57. The van der Waals surface area contributed by atoms with Gasteiger partial charge >= 0.3 is 12.1 Å². The fourth-order valence-electron chi connectivity index (χ4n) is 6.23. The number of piperazine rings is 1. The van der Waals surface area contributed by atoms with Gasteiger partial charge in [-0.2, -0.15) is 9.97 Å². The molecule has 198 valence electrons. The highest BCUT2D eigenvalue weighted by Gasteiger charge is 2.45. The lowest BCUT2D eigenvalue weighted by molar-refractivity contribution is 0.0146. The third-order valence-corrected chi connectivity index (χ3v) is 8.13. The summed E-state index contributed by atoms with van der Waals surface area (Å²) in [6.07, 6.45) is 9.65. The number of fused-ring (bicyclic) bond motifs is 4. The van der Waals surface area contributed by atoms with E-state index in [2.05, 4.69) is 14.9 Å². The maximum Gasteiger partial charge on any atom is 0.411 e. The van der Waals surface area contributed by atoms with Crippen molar-refractivity contribution in [1.29, 1.82) is 0 Å². The van der Waals surface area contributed by atoms with Gasteiger partial charge in [0.25, 0.3) is 0 Å². The van der Waals surface area contributed by atoms with E-state index in [1.165, 1.54) is 6.20 Å². The number of aromatic nitrogens is 3. The van der Waals surface area contributed by atoms with Gasteiger partial charge in [-0.05, 0) is 59.5 Å². The van der Waals surface area contributed by atoms with Crippen LogP contribution >= 0.6 is 11.6 Å². The molecule has 0 aliphatic carbocycles. The summed E-state index contributed by atoms with van der Waals surface area (Å²) < 4.78 is 27.0. The van der Waals surface area contributed by atoms with E-state index >= 15 is 4.39 Å². The van der Waals surface area contributed by atoms with Crippen molar-refractivity contribution in [2.45, 2.75) is 69.7 Å². The van der Waals surface area contributed by atoms with Gasteiger partial charge in [0.1, 0.15) is 23.5 Å². The van der Waals surface area contributed by atoms with Crippen LogP contribution in [0.2, 0.25) is 5.15 Å². The molecule has 11 heteroatoms. The summed E-state index contributed by atoms with van der Waals surface area (Å²) in [7, 11) is 0. The first-order valence-electron chi connectivity index (χ1n) is 13.0. The van der Waals surface area contributed by atoms with E-state index in [9.17, 15) is 4.79 Å². The van der Waals surface area contributed by atoms with Crippen molar-refractivity contribution < 1.29 is 18.7 Å². The zero-order valence-electron chi connectivity index (χ0n) is 21.4. The first-order valence-corrected chi connectivity index (χ1v) is 13.4. The Kier molecular flexibility index (Phi) is 5.95. The van der Waals surface area contributed by atoms with Gasteiger partial charge in [-0.15, -0.1) is 0 Å². The van der Waals surface area contributed by atoms with Crippen molar-refractivity contribution >= 4 is 34.4 Å². The van der Waals surface area contributed by atoms with Crippen molar-refractivity contribution in [1.82, 2.24) is 24.8 Å². The molecule has 2 atom stereocenters. The van der Waals surface area contributed by atoms with Crippen LogP contribution in [0.3, 0.4) is 0 Å². The van der Waals surface area contributed by atoms with Gasteiger partial charge in [-0.1, -0.05) is 23.8 Å². The largest absolute Gasteiger partial charge is 0.461 e. The molecule has 9 nitrogen and oxygen atoms in total. The van der Waals surface area contributed by atoms with Crippen LogP contribution in [0.1, 0.15) is 46.5 Å². The molecule has 4 aliphatic rings. The average molecular weight is 531 g/mol. The summed E-state index contributed by atoms with van der Waals surface area (Å²) in [6, 6.07) is -0.262. The van der Waals surface area contributed by atoms with Crippen LogP contribution in [0.25, 0.3) is 10.9 Å². The Hall–Kier alpha value is -2.72. The molecule has 2 bridgehead atoms. The monoisotopic (exact) mass is 530 g/mol. The second-order valence-electron chi connectivity index (χ2n) is 11.5. The molecule has 1 amide bonds. The van der Waals surface area contributed by atoms with E-state index in [-0.39, 0.29) is 40.4 Å². The van der Waals surface area contributed by atoms with Crippen molar-refractivity contribution in [3.8, 4) is 6.01 Å². The summed E-state index contributed by atoms with van der Waals surface area (Å²) in [5.41, 5.74) is -0.490. The van der Waals surface area contributed by atoms with Gasteiger partial charge in [0.05, 0.1) is 23.0 Å². The normalized spacial score (nSPS) is 24.7. The predicted molar refractivity (Wildman–Crippen MR) is 138 cm³/mol. The smallest absolute Gasteiger partial charge is 0.411 e. The Balaban J connectivity index is 1.30. The fraction of sp³-hybridized carbons (Fsp3) is 0.615. The summed E-state index contributed by atoms with van der Waals surface area (Å²) in [4.78, 5) is 32.4. The molecule has 0 N–H and O–H groups in total. The molecule has 3 fully saturated rings. The minimum absolute atomic E-state index is 0.00891. The van der Waals surface area contributed by atoms with Gasteiger partial charge in [-0.25, -0.2) is 14.2 Å². The van der Waals surface area contributed by atoms with Crippen LogP contribution in [-0.2, 0) is 4.74 Å². The van der Waals surface area contributed by atoms with E-state index in [1.54, 1.807) is 4.90 Å². The van der Waals surface area contributed by atoms with E-state index < -0.39 is 11.4 Å². The summed E-state index contributed by atoms with van der Waals surface area (Å²) in [5.74, 6) is -0.166. The topological polar surface area (TPSA) is 83.9 Å². The van der Waals surface area contributed by atoms with E-state index in [0.717, 1.165) is 38.8 Å². The van der Waals surface area contributed by atoms with Crippen LogP contribution in [0.4, 0.5) is 15.0 Å². The maximum atomic E-state index is 15.1. The van der Waals surface area contributed by atoms with Crippen LogP contribution in [0.15, 0.2) is 18.3 Å². The highest BCUT2D eigenvalue weighted by molar-refractivity contribution is 6.30. The molecule has 0 aromatic carbocycles. The number of hydrogen-bond donors (Lipinski definition) is 0. The molecule has 6 heterocycles. The third-order valence-electron chi connectivity index (χ3n) is 7.87. The SMILES string of the molecule is CC(C)(C)OC(=O)N1C2C=CC1CN(c1nc(OCC34CCCN3CCC4)nc3c(F)c(Cl)ncc13)C2. The van der Waals surface area contributed by atoms with Crippen molar-refractivity contribution in [2.24, 2.45) is 0 Å². The lowest BCUT2D eigenvalue weighted by atomic mass is 9.95. The number of halogens is 2. The van der Waals surface area contributed by atoms with Crippen LogP contribution in [0.5, 0.6) is 6.01 Å². The van der Waals surface area contributed by atoms with Crippen molar-refractivity contribution in [3.05, 3.63) is 29.3 Å². The first kappa shape index (κ1) is 24.6.